The molecule has 0 radical (unpaired) electrons. The van der Waals surface area contributed by atoms with Gasteiger partial charge >= 0.3 is 12.0 Å². The molecule has 19 heavy (non-hydrogen) atoms. The number of amides is 2. The lowest BCUT2D eigenvalue weighted by Crippen LogP contribution is -2.41. The van der Waals surface area contributed by atoms with Crippen LogP contribution in [0.15, 0.2) is 0 Å². The van der Waals surface area contributed by atoms with Crippen molar-refractivity contribution >= 4 is 12.0 Å². The maximum Gasteiger partial charge on any atom is 0.317 e. The Morgan fingerprint density at radius 1 is 1.37 bits per heavy atom. The van der Waals surface area contributed by atoms with Gasteiger partial charge < -0.3 is 20.1 Å². The van der Waals surface area contributed by atoms with Crippen LogP contribution in [0.25, 0.3) is 0 Å². The molecule has 1 saturated heterocycles. The highest BCUT2D eigenvalue weighted by molar-refractivity contribution is 5.73. The first-order valence-electron chi connectivity index (χ1n) is 6.92. The number of carboxylic acids is 1. The number of nitrogens with one attached hydrogen (secondary N) is 1. The molecular weight excluding hydrogens is 248 g/mol. The highest BCUT2D eigenvalue weighted by atomic mass is 16.5. The second-order valence-corrected chi connectivity index (χ2v) is 4.95. The molecular formula is C13H24N2O4. The van der Waals surface area contributed by atoms with E-state index in [0.29, 0.717) is 19.5 Å². The van der Waals surface area contributed by atoms with Gasteiger partial charge in [-0.05, 0) is 25.7 Å². The Morgan fingerprint density at radius 3 is 2.79 bits per heavy atom. The molecule has 0 bridgehead atoms. The third kappa shape index (κ3) is 7.00. The molecule has 2 N–H and O–H groups in total. The van der Waals surface area contributed by atoms with Crippen LogP contribution in [0.3, 0.4) is 0 Å². The van der Waals surface area contributed by atoms with Crippen LogP contribution in [0.5, 0.6) is 0 Å². The zero-order chi connectivity index (χ0) is 14.1. The Bertz CT molecular complexity index is 290. The van der Waals surface area contributed by atoms with Crippen LogP contribution in [-0.4, -0.2) is 54.9 Å². The second kappa shape index (κ2) is 8.74. The summed E-state index contributed by atoms with van der Waals surface area (Å²) in [6, 6.07) is -0.0891. The number of urea groups is 1. The van der Waals surface area contributed by atoms with Crippen LogP contribution >= 0.6 is 0 Å². The average molecular weight is 272 g/mol. The zero-order valence-electron chi connectivity index (χ0n) is 11.6. The van der Waals surface area contributed by atoms with E-state index in [1.54, 1.807) is 11.9 Å². The van der Waals surface area contributed by atoms with Crippen LogP contribution in [0.4, 0.5) is 4.79 Å². The molecule has 1 unspecified atom stereocenters. The van der Waals surface area contributed by atoms with E-state index in [9.17, 15) is 9.59 Å². The van der Waals surface area contributed by atoms with E-state index in [1.165, 1.54) is 0 Å². The van der Waals surface area contributed by atoms with E-state index in [2.05, 4.69) is 5.32 Å². The fraction of sp³-hybridized carbons (Fsp3) is 0.846. The van der Waals surface area contributed by atoms with Crippen molar-refractivity contribution in [3.63, 3.8) is 0 Å². The van der Waals surface area contributed by atoms with Gasteiger partial charge in [-0.3, -0.25) is 4.79 Å². The van der Waals surface area contributed by atoms with Crippen molar-refractivity contribution in [2.24, 2.45) is 0 Å². The molecule has 0 aromatic carbocycles. The van der Waals surface area contributed by atoms with Gasteiger partial charge in [0, 0.05) is 33.2 Å². The lowest BCUT2D eigenvalue weighted by Gasteiger charge is -2.21. The van der Waals surface area contributed by atoms with Gasteiger partial charge in [-0.25, -0.2) is 4.79 Å². The number of ether oxygens (including phenoxy) is 1. The quantitative estimate of drug-likeness (QED) is 0.655. The average Bonchev–Trinajstić information content (AvgIpc) is 2.85. The highest BCUT2D eigenvalue weighted by Crippen LogP contribution is 2.12. The Labute approximate surface area is 114 Å². The van der Waals surface area contributed by atoms with Crippen LogP contribution in [0.1, 0.15) is 38.5 Å². The van der Waals surface area contributed by atoms with Gasteiger partial charge in [0.05, 0.1) is 6.10 Å². The lowest BCUT2D eigenvalue weighted by atomic mass is 10.2. The highest BCUT2D eigenvalue weighted by Gasteiger charge is 2.19. The number of hydrogen-bond donors (Lipinski definition) is 2. The van der Waals surface area contributed by atoms with Crippen LogP contribution in [-0.2, 0) is 9.53 Å². The third-order valence-electron chi connectivity index (χ3n) is 3.19. The first kappa shape index (κ1) is 15.8. The molecule has 6 nitrogen and oxygen atoms in total. The predicted octanol–water partition coefficient (Wildman–Crippen LogP) is 1.45. The summed E-state index contributed by atoms with van der Waals surface area (Å²) in [5, 5.41) is 11.3. The molecule has 1 fully saturated rings. The molecule has 1 aliphatic heterocycles. The summed E-state index contributed by atoms with van der Waals surface area (Å²) in [5.41, 5.74) is 0. The monoisotopic (exact) mass is 272 g/mol. The van der Waals surface area contributed by atoms with Crippen molar-refractivity contribution in [3.8, 4) is 0 Å². The standard InChI is InChI=1S/C13H24N2O4/c1-15(10-11-6-5-9-19-11)13(18)14-8-4-2-3-7-12(16)17/h11H,2-10H2,1H3,(H,14,18)(H,16,17). The maximum atomic E-state index is 11.7. The van der Waals surface area contributed by atoms with Gasteiger partial charge in [0.15, 0.2) is 0 Å². The van der Waals surface area contributed by atoms with Crippen LogP contribution < -0.4 is 5.32 Å². The number of rotatable bonds is 8. The van der Waals surface area contributed by atoms with E-state index in [4.69, 9.17) is 9.84 Å². The number of likely N-dealkylation sites (N-methyl/N-ethyl adjacent to an activating group) is 1. The van der Waals surface area contributed by atoms with E-state index in [-0.39, 0.29) is 18.6 Å². The second-order valence-electron chi connectivity index (χ2n) is 4.95. The molecule has 0 aromatic heterocycles. The van der Waals surface area contributed by atoms with Gasteiger partial charge in [0.25, 0.3) is 0 Å². The SMILES string of the molecule is CN(CC1CCCO1)C(=O)NCCCCCC(=O)O. The van der Waals surface area contributed by atoms with Crippen molar-refractivity contribution in [1.82, 2.24) is 10.2 Å². The fourth-order valence-corrected chi connectivity index (χ4v) is 2.08. The summed E-state index contributed by atoms with van der Waals surface area (Å²) in [6.07, 6.45) is 4.76. The molecule has 0 spiro atoms. The van der Waals surface area contributed by atoms with Crippen molar-refractivity contribution in [2.75, 3.05) is 26.7 Å². The van der Waals surface area contributed by atoms with Gasteiger partial charge in [-0.15, -0.1) is 0 Å². The zero-order valence-corrected chi connectivity index (χ0v) is 11.6. The molecule has 0 aromatic rings. The predicted molar refractivity (Wildman–Crippen MR) is 71.1 cm³/mol. The first-order chi connectivity index (χ1) is 9.09. The number of carbonyl (C=O) groups excluding carboxylic acids is 1. The molecule has 1 rings (SSSR count). The summed E-state index contributed by atoms with van der Waals surface area (Å²) in [7, 11) is 1.77. The van der Waals surface area contributed by atoms with Crippen molar-refractivity contribution in [2.45, 2.75) is 44.6 Å². The minimum absolute atomic E-state index is 0.0891. The summed E-state index contributed by atoms with van der Waals surface area (Å²) in [4.78, 5) is 23.7. The van der Waals surface area contributed by atoms with E-state index < -0.39 is 5.97 Å². The summed E-state index contributed by atoms with van der Waals surface area (Å²) in [5.74, 6) is -0.764. The molecule has 6 heteroatoms. The van der Waals surface area contributed by atoms with E-state index in [0.717, 1.165) is 32.3 Å². The topological polar surface area (TPSA) is 78.9 Å². The minimum Gasteiger partial charge on any atom is -0.481 e. The van der Waals surface area contributed by atoms with Gasteiger partial charge in [0.2, 0.25) is 0 Å². The van der Waals surface area contributed by atoms with Crippen molar-refractivity contribution in [3.05, 3.63) is 0 Å². The van der Waals surface area contributed by atoms with E-state index >= 15 is 0 Å². The Balaban J connectivity index is 2.01. The number of nitrogens with zero attached hydrogens (tertiary/aromatic N) is 1. The Hall–Kier alpha value is -1.30. The fourth-order valence-electron chi connectivity index (χ4n) is 2.08. The maximum absolute atomic E-state index is 11.7. The summed E-state index contributed by atoms with van der Waals surface area (Å²) in [6.45, 7) is 2.02. The summed E-state index contributed by atoms with van der Waals surface area (Å²) < 4.78 is 5.48. The van der Waals surface area contributed by atoms with Crippen molar-refractivity contribution < 1.29 is 19.4 Å². The van der Waals surface area contributed by atoms with Gasteiger partial charge in [-0.2, -0.15) is 0 Å². The number of carbonyl (C=O) groups is 2. The molecule has 2 amide bonds. The molecule has 1 aliphatic rings. The lowest BCUT2D eigenvalue weighted by molar-refractivity contribution is -0.137. The molecule has 0 aliphatic carbocycles. The van der Waals surface area contributed by atoms with Gasteiger partial charge in [0.1, 0.15) is 0 Å². The minimum atomic E-state index is -0.764. The molecule has 110 valence electrons. The Kier molecular flexibility index (Phi) is 7.25. The smallest absolute Gasteiger partial charge is 0.317 e. The molecule has 1 atom stereocenters. The normalized spacial score (nSPS) is 18.3. The third-order valence-corrected chi connectivity index (χ3v) is 3.19. The number of unbranched alkanes of at least 4 members (excludes halogenated alkanes) is 2. The molecule has 1 heterocycles. The first-order valence-corrected chi connectivity index (χ1v) is 6.92. The van der Waals surface area contributed by atoms with Crippen LogP contribution in [0.2, 0.25) is 0 Å². The van der Waals surface area contributed by atoms with Crippen molar-refractivity contribution in [1.29, 1.82) is 0 Å². The largest absolute Gasteiger partial charge is 0.481 e. The van der Waals surface area contributed by atoms with Crippen LogP contribution in [0, 0.1) is 0 Å². The van der Waals surface area contributed by atoms with E-state index in [1.807, 2.05) is 0 Å². The summed E-state index contributed by atoms with van der Waals surface area (Å²) >= 11 is 0. The Morgan fingerprint density at radius 2 is 2.16 bits per heavy atom. The number of aliphatic carboxylic acids is 1. The number of hydrogen-bond acceptors (Lipinski definition) is 3. The molecule has 0 saturated carbocycles. The van der Waals surface area contributed by atoms with Gasteiger partial charge in [-0.1, -0.05) is 6.42 Å². The number of carboxylic acid groups (broad SMARTS) is 1.